The van der Waals surface area contributed by atoms with Crippen LogP contribution >= 0.6 is 0 Å². The van der Waals surface area contributed by atoms with Gasteiger partial charge in [-0.2, -0.15) is 0 Å². The number of amides is 2. The lowest BCUT2D eigenvalue weighted by Crippen LogP contribution is -2.37. The Labute approximate surface area is 168 Å². The van der Waals surface area contributed by atoms with Gasteiger partial charge < -0.3 is 19.7 Å². The van der Waals surface area contributed by atoms with Crippen LogP contribution in [0.1, 0.15) is 16.8 Å². The van der Waals surface area contributed by atoms with E-state index < -0.39 is 0 Å². The Balaban J connectivity index is 1.30. The van der Waals surface area contributed by atoms with Crippen LogP contribution in [0.25, 0.3) is 10.8 Å². The van der Waals surface area contributed by atoms with Crippen molar-refractivity contribution in [1.29, 1.82) is 0 Å². The SMILES string of the molecule is O=C(NC1CC(=O)N(c2ccc3c(c2)OCCO3)C1)c1ccc2ccccc2c1. The predicted molar refractivity (Wildman–Crippen MR) is 110 cm³/mol. The molecule has 0 saturated carbocycles. The van der Waals surface area contributed by atoms with Crippen molar-refractivity contribution < 1.29 is 19.1 Å². The number of fused-ring (bicyclic) bond motifs is 2. The second-order valence-electron chi connectivity index (χ2n) is 7.27. The first-order valence-corrected chi connectivity index (χ1v) is 9.67. The summed E-state index contributed by atoms with van der Waals surface area (Å²) in [5, 5.41) is 5.10. The summed E-state index contributed by atoms with van der Waals surface area (Å²) in [6.07, 6.45) is 0.272. The van der Waals surface area contributed by atoms with E-state index in [0.717, 1.165) is 16.5 Å². The fourth-order valence-corrected chi connectivity index (χ4v) is 3.85. The Hall–Kier alpha value is -3.54. The van der Waals surface area contributed by atoms with Gasteiger partial charge in [0.2, 0.25) is 5.91 Å². The molecule has 1 fully saturated rings. The van der Waals surface area contributed by atoms with Crippen molar-refractivity contribution in [3.63, 3.8) is 0 Å². The van der Waals surface area contributed by atoms with E-state index in [1.165, 1.54) is 0 Å². The number of carbonyl (C=O) groups excluding carboxylic acids is 2. The number of nitrogens with one attached hydrogen (secondary N) is 1. The normalized spacial score (nSPS) is 18.1. The van der Waals surface area contributed by atoms with Gasteiger partial charge in [0.15, 0.2) is 11.5 Å². The van der Waals surface area contributed by atoms with E-state index in [-0.39, 0.29) is 24.3 Å². The minimum Gasteiger partial charge on any atom is -0.486 e. The van der Waals surface area contributed by atoms with E-state index in [4.69, 9.17) is 9.47 Å². The Bertz CT molecular complexity index is 1110. The molecule has 0 aromatic heterocycles. The van der Waals surface area contributed by atoms with Crippen LogP contribution in [0.3, 0.4) is 0 Å². The maximum atomic E-state index is 12.7. The van der Waals surface area contributed by atoms with Crippen LogP contribution in [0, 0.1) is 0 Å². The summed E-state index contributed by atoms with van der Waals surface area (Å²) in [6, 6.07) is 18.8. The summed E-state index contributed by atoms with van der Waals surface area (Å²) in [6.45, 7) is 1.45. The van der Waals surface area contributed by atoms with Crippen LogP contribution in [-0.4, -0.2) is 37.6 Å². The van der Waals surface area contributed by atoms with Gasteiger partial charge >= 0.3 is 0 Å². The van der Waals surface area contributed by atoms with Gasteiger partial charge in [-0.05, 0) is 35.0 Å². The van der Waals surface area contributed by atoms with E-state index in [0.29, 0.717) is 36.8 Å². The van der Waals surface area contributed by atoms with Gasteiger partial charge in [0.05, 0.1) is 6.04 Å². The van der Waals surface area contributed by atoms with Crippen LogP contribution in [0.2, 0.25) is 0 Å². The number of benzene rings is 3. The Kier molecular flexibility index (Phi) is 4.31. The van der Waals surface area contributed by atoms with Gasteiger partial charge in [-0.3, -0.25) is 9.59 Å². The minimum absolute atomic E-state index is 0.0227. The van der Waals surface area contributed by atoms with Crippen molar-refractivity contribution in [3.8, 4) is 11.5 Å². The fourth-order valence-electron chi connectivity index (χ4n) is 3.85. The zero-order valence-electron chi connectivity index (χ0n) is 15.8. The van der Waals surface area contributed by atoms with Gasteiger partial charge in [0.1, 0.15) is 13.2 Å². The molecule has 5 rings (SSSR count). The smallest absolute Gasteiger partial charge is 0.251 e. The standard InChI is InChI=1S/C23H20N2O4/c26-22-12-18(14-25(22)19-7-8-20-21(13-19)29-10-9-28-20)24-23(27)17-6-5-15-3-1-2-4-16(15)11-17/h1-8,11,13,18H,9-10,12,14H2,(H,24,27). The number of carbonyl (C=O) groups is 2. The molecule has 0 aliphatic carbocycles. The summed E-state index contributed by atoms with van der Waals surface area (Å²) in [7, 11) is 0. The van der Waals surface area contributed by atoms with Gasteiger partial charge in [-0.1, -0.05) is 30.3 Å². The van der Waals surface area contributed by atoms with Crippen molar-refractivity contribution in [3.05, 3.63) is 66.2 Å². The highest BCUT2D eigenvalue weighted by atomic mass is 16.6. The van der Waals surface area contributed by atoms with Crippen LogP contribution < -0.4 is 19.7 Å². The van der Waals surface area contributed by atoms with E-state index in [2.05, 4.69) is 5.32 Å². The van der Waals surface area contributed by atoms with Crippen LogP contribution in [0.15, 0.2) is 60.7 Å². The van der Waals surface area contributed by atoms with Crippen LogP contribution in [-0.2, 0) is 4.79 Å². The lowest BCUT2D eigenvalue weighted by molar-refractivity contribution is -0.117. The molecular weight excluding hydrogens is 368 g/mol. The zero-order valence-corrected chi connectivity index (χ0v) is 15.8. The van der Waals surface area contributed by atoms with E-state index in [1.807, 2.05) is 60.7 Å². The molecule has 1 N–H and O–H groups in total. The monoisotopic (exact) mass is 388 g/mol. The number of anilines is 1. The van der Waals surface area contributed by atoms with Gasteiger partial charge in [0.25, 0.3) is 5.91 Å². The highest BCUT2D eigenvalue weighted by Gasteiger charge is 2.32. The van der Waals surface area contributed by atoms with Crippen molar-refractivity contribution in [2.45, 2.75) is 12.5 Å². The molecule has 2 aliphatic rings. The molecule has 3 aromatic rings. The van der Waals surface area contributed by atoms with E-state index in [9.17, 15) is 9.59 Å². The molecule has 3 aromatic carbocycles. The molecule has 0 bridgehead atoms. The van der Waals surface area contributed by atoms with Crippen molar-refractivity contribution in [1.82, 2.24) is 5.32 Å². The zero-order chi connectivity index (χ0) is 19.8. The summed E-state index contributed by atoms with van der Waals surface area (Å²) < 4.78 is 11.1. The van der Waals surface area contributed by atoms with Crippen LogP contribution in [0.4, 0.5) is 5.69 Å². The molecule has 0 spiro atoms. The molecule has 2 aliphatic heterocycles. The highest BCUT2D eigenvalue weighted by Crippen LogP contribution is 2.35. The Morgan fingerprint density at radius 2 is 1.72 bits per heavy atom. The second-order valence-corrected chi connectivity index (χ2v) is 7.27. The number of nitrogens with zero attached hydrogens (tertiary/aromatic N) is 1. The third-order valence-corrected chi connectivity index (χ3v) is 5.31. The Morgan fingerprint density at radius 3 is 2.59 bits per heavy atom. The average Bonchev–Trinajstić information content (AvgIpc) is 3.12. The fraction of sp³-hybridized carbons (Fsp3) is 0.217. The van der Waals surface area contributed by atoms with Crippen molar-refractivity contribution in [2.75, 3.05) is 24.7 Å². The predicted octanol–water partition coefficient (Wildman–Crippen LogP) is 3.15. The van der Waals surface area contributed by atoms with E-state index in [1.54, 1.807) is 4.90 Å². The largest absolute Gasteiger partial charge is 0.486 e. The summed E-state index contributed by atoms with van der Waals surface area (Å²) in [5.41, 5.74) is 1.34. The maximum absolute atomic E-state index is 12.7. The van der Waals surface area contributed by atoms with Crippen LogP contribution in [0.5, 0.6) is 11.5 Å². The molecule has 2 amide bonds. The number of rotatable bonds is 3. The second kappa shape index (κ2) is 7.13. The van der Waals surface area contributed by atoms with Crippen molar-refractivity contribution in [2.24, 2.45) is 0 Å². The van der Waals surface area contributed by atoms with E-state index >= 15 is 0 Å². The molecule has 2 heterocycles. The summed E-state index contributed by atoms with van der Waals surface area (Å²) in [4.78, 5) is 26.9. The third-order valence-electron chi connectivity index (χ3n) is 5.31. The van der Waals surface area contributed by atoms with Gasteiger partial charge in [-0.15, -0.1) is 0 Å². The van der Waals surface area contributed by atoms with Gasteiger partial charge in [-0.25, -0.2) is 0 Å². The topological polar surface area (TPSA) is 67.9 Å². The van der Waals surface area contributed by atoms with Crippen molar-refractivity contribution >= 4 is 28.3 Å². The summed E-state index contributed by atoms with van der Waals surface area (Å²) >= 11 is 0. The molecule has 6 heteroatoms. The lowest BCUT2D eigenvalue weighted by atomic mass is 10.1. The first-order chi connectivity index (χ1) is 14.2. The molecule has 1 unspecified atom stereocenters. The maximum Gasteiger partial charge on any atom is 0.251 e. The van der Waals surface area contributed by atoms with Gasteiger partial charge in [0, 0.05) is 30.3 Å². The lowest BCUT2D eigenvalue weighted by Gasteiger charge is -2.22. The molecular formula is C23H20N2O4. The first-order valence-electron chi connectivity index (χ1n) is 9.67. The molecule has 29 heavy (non-hydrogen) atoms. The number of hydrogen-bond donors (Lipinski definition) is 1. The summed E-state index contributed by atoms with van der Waals surface area (Å²) in [5.74, 6) is 1.14. The molecule has 0 radical (unpaired) electrons. The Morgan fingerprint density at radius 1 is 0.931 bits per heavy atom. The molecule has 1 atom stereocenters. The molecule has 6 nitrogen and oxygen atoms in total. The number of hydrogen-bond acceptors (Lipinski definition) is 4. The molecule has 146 valence electrons. The third kappa shape index (κ3) is 3.38. The first kappa shape index (κ1) is 17.6. The quantitative estimate of drug-likeness (QED) is 0.749. The highest BCUT2D eigenvalue weighted by molar-refractivity contribution is 6.01. The number of ether oxygens (including phenoxy) is 2. The average molecular weight is 388 g/mol. The minimum atomic E-state index is -0.241. The molecule has 1 saturated heterocycles.